The molecule has 4 heteroatoms. The standard InChI is InChI=1S/C11H16N2O2/c1-3-4-5-11(15-9(2)14)10-8-12-6-7-13-10/h6-8,11H,3-5H2,1-2H3. The molecule has 0 aliphatic carbocycles. The number of unbranched alkanes of at least 4 members (excludes halogenated alkanes) is 1. The molecule has 1 atom stereocenters. The van der Waals surface area contributed by atoms with Crippen molar-refractivity contribution in [3.8, 4) is 0 Å². The second-order valence-electron chi connectivity index (χ2n) is 3.37. The lowest BCUT2D eigenvalue weighted by molar-refractivity contribution is -0.147. The molecular formula is C11H16N2O2. The quantitative estimate of drug-likeness (QED) is 0.696. The van der Waals surface area contributed by atoms with Crippen LogP contribution in [0.25, 0.3) is 0 Å². The number of carbonyl (C=O) groups excluding carboxylic acids is 1. The maximum Gasteiger partial charge on any atom is 0.303 e. The van der Waals surface area contributed by atoms with Crippen LogP contribution in [0.5, 0.6) is 0 Å². The van der Waals surface area contributed by atoms with Crippen LogP contribution in [-0.2, 0) is 9.53 Å². The fourth-order valence-corrected chi connectivity index (χ4v) is 1.33. The Kier molecular flexibility index (Phi) is 4.74. The zero-order valence-electron chi connectivity index (χ0n) is 9.14. The molecule has 0 fully saturated rings. The first-order valence-electron chi connectivity index (χ1n) is 5.17. The summed E-state index contributed by atoms with van der Waals surface area (Å²) in [5.74, 6) is -0.276. The zero-order valence-corrected chi connectivity index (χ0v) is 9.14. The van der Waals surface area contributed by atoms with Crippen LogP contribution < -0.4 is 0 Å². The summed E-state index contributed by atoms with van der Waals surface area (Å²) in [5, 5.41) is 0. The largest absolute Gasteiger partial charge is 0.456 e. The molecule has 0 saturated carbocycles. The van der Waals surface area contributed by atoms with Crippen LogP contribution in [-0.4, -0.2) is 15.9 Å². The van der Waals surface area contributed by atoms with E-state index in [0.717, 1.165) is 25.0 Å². The van der Waals surface area contributed by atoms with Crippen molar-refractivity contribution in [2.24, 2.45) is 0 Å². The Morgan fingerprint density at radius 2 is 2.33 bits per heavy atom. The van der Waals surface area contributed by atoms with Gasteiger partial charge in [0.25, 0.3) is 0 Å². The van der Waals surface area contributed by atoms with Crippen molar-refractivity contribution in [1.29, 1.82) is 0 Å². The Hall–Kier alpha value is -1.45. The zero-order chi connectivity index (χ0) is 11.1. The van der Waals surface area contributed by atoms with Crippen LogP contribution in [0.1, 0.15) is 44.9 Å². The van der Waals surface area contributed by atoms with E-state index in [4.69, 9.17) is 4.74 Å². The minimum absolute atomic E-state index is 0.254. The number of ether oxygens (including phenoxy) is 1. The Balaban J connectivity index is 2.67. The highest BCUT2D eigenvalue weighted by Crippen LogP contribution is 2.20. The molecule has 0 N–H and O–H groups in total. The number of esters is 1. The lowest BCUT2D eigenvalue weighted by Crippen LogP contribution is -2.10. The van der Waals surface area contributed by atoms with Gasteiger partial charge in [0.15, 0.2) is 0 Å². The van der Waals surface area contributed by atoms with E-state index in [1.807, 2.05) is 0 Å². The minimum atomic E-state index is -0.276. The van der Waals surface area contributed by atoms with Gasteiger partial charge in [0.2, 0.25) is 0 Å². The number of rotatable bonds is 5. The first-order chi connectivity index (χ1) is 7.24. The van der Waals surface area contributed by atoms with Crippen molar-refractivity contribution in [3.05, 3.63) is 24.3 Å². The summed E-state index contributed by atoms with van der Waals surface area (Å²) >= 11 is 0. The molecule has 15 heavy (non-hydrogen) atoms. The van der Waals surface area contributed by atoms with Gasteiger partial charge in [0.1, 0.15) is 6.10 Å². The van der Waals surface area contributed by atoms with Gasteiger partial charge < -0.3 is 4.74 Å². The van der Waals surface area contributed by atoms with Crippen molar-refractivity contribution in [2.75, 3.05) is 0 Å². The molecule has 0 bridgehead atoms. The fraction of sp³-hybridized carbons (Fsp3) is 0.545. The molecule has 0 amide bonds. The summed E-state index contributed by atoms with van der Waals surface area (Å²) in [6.07, 6.45) is 7.48. The molecule has 82 valence electrons. The summed E-state index contributed by atoms with van der Waals surface area (Å²) in [6.45, 7) is 3.51. The lowest BCUT2D eigenvalue weighted by Gasteiger charge is -2.15. The number of nitrogens with zero attached hydrogens (tertiary/aromatic N) is 2. The smallest absolute Gasteiger partial charge is 0.303 e. The molecule has 0 saturated heterocycles. The summed E-state index contributed by atoms with van der Waals surface area (Å²) < 4.78 is 5.20. The highest BCUT2D eigenvalue weighted by atomic mass is 16.5. The van der Waals surface area contributed by atoms with E-state index in [1.165, 1.54) is 6.92 Å². The van der Waals surface area contributed by atoms with Crippen molar-refractivity contribution >= 4 is 5.97 Å². The monoisotopic (exact) mass is 208 g/mol. The van der Waals surface area contributed by atoms with Crippen LogP contribution >= 0.6 is 0 Å². The molecule has 0 radical (unpaired) electrons. The Morgan fingerprint density at radius 1 is 1.53 bits per heavy atom. The topological polar surface area (TPSA) is 52.1 Å². The third-order valence-electron chi connectivity index (χ3n) is 2.04. The van der Waals surface area contributed by atoms with E-state index < -0.39 is 0 Å². The highest BCUT2D eigenvalue weighted by Gasteiger charge is 2.15. The molecular weight excluding hydrogens is 192 g/mol. The second kappa shape index (κ2) is 6.11. The van der Waals surface area contributed by atoms with Crippen molar-refractivity contribution in [2.45, 2.75) is 39.2 Å². The van der Waals surface area contributed by atoms with Crippen LogP contribution in [0.3, 0.4) is 0 Å². The van der Waals surface area contributed by atoms with Crippen LogP contribution in [0, 0.1) is 0 Å². The third kappa shape index (κ3) is 4.06. The molecule has 0 spiro atoms. The molecule has 0 aromatic carbocycles. The predicted molar refractivity (Wildman–Crippen MR) is 56.1 cm³/mol. The van der Waals surface area contributed by atoms with E-state index in [0.29, 0.717) is 0 Å². The van der Waals surface area contributed by atoms with Crippen molar-refractivity contribution in [3.63, 3.8) is 0 Å². The van der Waals surface area contributed by atoms with Gasteiger partial charge in [-0.2, -0.15) is 0 Å². The number of hydrogen-bond donors (Lipinski definition) is 0. The van der Waals surface area contributed by atoms with Crippen LogP contribution in [0.4, 0.5) is 0 Å². The third-order valence-corrected chi connectivity index (χ3v) is 2.04. The van der Waals surface area contributed by atoms with Gasteiger partial charge in [-0.3, -0.25) is 14.8 Å². The van der Waals surface area contributed by atoms with E-state index in [2.05, 4.69) is 16.9 Å². The molecule has 1 aromatic rings. The van der Waals surface area contributed by atoms with Crippen molar-refractivity contribution in [1.82, 2.24) is 9.97 Å². The van der Waals surface area contributed by atoms with E-state index in [-0.39, 0.29) is 12.1 Å². The van der Waals surface area contributed by atoms with Gasteiger partial charge >= 0.3 is 5.97 Å². The molecule has 0 aliphatic rings. The van der Waals surface area contributed by atoms with E-state index >= 15 is 0 Å². The Morgan fingerprint density at radius 3 is 2.87 bits per heavy atom. The van der Waals surface area contributed by atoms with E-state index in [9.17, 15) is 4.79 Å². The maximum atomic E-state index is 10.9. The molecule has 1 rings (SSSR count). The summed E-state index contributed by atoms with van der Waals surface area (Å²) in [7, 11) is 0. The maximum absolute atomic E-state index is 10.9. The van der Waals surface area contributed by atoms with Gasteiger partial charge in [-0.1, -0.05) is 13.3 Å². The fourth-order valence-electron chi connectivity index (χ4n) is 1.33. The number of carbonyl (C=O) groups is 1. The molecule has 1 heterocycles. The molecule has 0 aliphatic heterocycles. The van der Waals surface area contributed by atoms with Gasteiger partial charge in [-0.15, -0.1) is 0 Å². The average Bonchev–Trinajstić information content (AvgIpc) is 2.25. The average molecular weight is 208 g/mol. The summed E-state index contributed by atoms with van der Waals surface area (Å²) in [5.41, 5.74) is 0.723. The predicted octanol–water partition coefficient (Wildman–Crippen LogP) is 2.27. The van der Waals surface area contributed by atoms with Gasteiger partial charge in [0, 0.05) is 19.3 Å². The van der Waals surface area contributed by atoms with Crippen LogP contribution in [0.15, 0.2) is 18.6 Å². The Labute approximate surface area is 89.7 Å². The Bertz CT molecular complexity index is 301. The van der Waals surface area contributed by atoms with Gasteiger partial charge in [-0.25, -0.2) is 0 Å². The molecule has 1 aromatic heterocycles. The minimum Gasteiger partial charge on any atom is -0.456 e. The summed E-state index contributed by atoms with van der Waals surface area (Å²) in [6, 6.07) is 0. The lowest BCUT2D eigenvalue weighted by atomic mass is 10.1. The van der Waals surface area contributed by atoms with Crippen LogP contribution in [0.2, 0.25) is 0 Å². The summed E-state index contributed by atoms with van der Waals surface area (Å²) in [4.78, 5) is 19.0. The first kappa shape index (κ1) is 11.6. The first-order valence-corrected chi connectivity index (χ1v) is 5.17. The molecule has 4 nitrogen and oxygen atoms in total. The number of aromatic nitrogens is 2. The normalized spacial score (nSPS) is 12.1. The van der Waals surface area contributed by atoms with E-state index in [1.54, 1.807) is 18.6 Å². The highest BCUT2D eigenvalue weighted by molar-refractivity contribution is 5.66. The van der Waals surface area contributed by atoms with Gasteiger partial charge in [-0.05, 0) is 12.8 Å². The second-order valence-corrected chi connectivity index (χ2v) is 3.37. The van der Waals surface area contributed by atoms with Crippen molar-refractivity contribution < 1.29 is 9.53 Å². The number of hydrogen-bond acceptors (Lipinski definition) is 4. The SMILES string of the molecule is CCCCC(OC(C)=O)c1cnccn1. The van der Waals surface area contributed by atoms with Gasteiger partial charge in [0.05, 0.1) is 11.9 Å². The molecule has 1 unspecified atom stereocenters.